The molecule has 0 aliphatic heterocycles. The Morgan fingerprint density at radius 3 is 2.35 bits per heavy atom. The number of benzene rings is 2. The lowest BCUT2D eigenvalue weighted by Crippen LogP contribution is -2.02. The first-order chi connectivity index (χ1) is 12.4. The Bertz CT molecular complexity index is 965. The van der Waals surface area contributed by atoms with E-state index in [0.717, 1.165) is 0 Å². The maximum atomic E-state index is 12.5. The van der Waals surface area contributed by atoms with Gasteiger partial charge in [0, 0.05) is 21.0 Å². The van der Waals surface area contributed by atoms with E-state index in [2.05, 4.69) is 9.97 Å². The fourth-order valence-corrected chi connectivity index (χ4v) is 3.80. The van der Waals surface area contributed by atoms with E-state index in [-0.39, 0.29) is 5.75 Å². The molecule has 0 amide bonds. The van der Waals surface area contributed by atoms with Crippen LogP contribution in [0.4, 0.5) is 0 Å². The predicted octanol–water partition coefficient (Wildman–Crippen LogP) is 5.85. The summed E-state index contributed by atoms with van der Waals surface area (Å²) in [5.41, 5.74) is 0.603. The molecule has 0 aliphatic rings. The number of aryl methyl sites for hydroxylation is 1. The predicted molar refractivity (Wildman–Crippen MR) is 105 cm³/mol. The Morgan fingerprint density at radius 1 is 0.962 bits per heavy atom. The number of rotatable bonds is 5. The maximum Gasteiger partial charge on any atom is 0.222 e. The van der Waals surface area contributed by atoms with Gasteiger partial charge in [-0.25, -0.2) is 4.98 Å². The van der Waals surface area contributed by atoms with Gasteiger partial charge < -0.3 is 4.74 Å². The van der Waals surface area contributed by atoms with E-state index >= 15 is 0 Å². The molecule has 2 aromatic carbocycles. The summed E-state index contributed by atoms with van der Waals surface area (Å²) in [6, 6.07) is 13.4. The van der Waals surface area contributed by atoms with E-state index in [1.54, 1.807) is 55.5 Å². The number of hydrogen-bond acceptors (Lipinski definition) is 4. The van der Waals surface area contributed by atoms with Crippen molar-refractivity contribution >= 4 is 45.6 Å². The van der Waals surface area contributed by atoms with Crippen LogP contribution in [0.25, 0.3) is 0 Å². The third kappa shape index (κ3) is 4.95. The first-order valence-corrected chi connectivity index (χ1v) is 9.97. The third-order valence-corrected chi connectivity index (χ3v) is 5.47. The summed E-state index contributed by atoms with van der Waals surface area (Å²) in [7, 11) is -1.26. The van der Waals surface area contributed by atoms with Crippen LogP contribution in [0.5, 0.6) is 11.6 Å². The van der Waals surface area contributed by atoms with Crippen molar-refractivity contribution in [2.24, 2.45) is 0 Å². The maximum absolute atomic E-state index is 12.5. The minimum atomic E-state index is -1.26. The number of halogens is 3. The minimum Gasteiger partial charge on any atom is -0.437 e. The molecule has 1 heterocycles. The van der Waals surface area contributed by atoms with Crippen molar-refractivity contribution in [2.75, 3.05) is 0 Å². The third-order valence-electron chi connectivity index (χ3n) is 3.33. The molecular weight excluding hydrogens is 415 g/mol. The number of ether oxygens (including phenoxy) is 1. The fraction of sp³-hybridized carbons (Fsp3) is 0.111. The molecule has 0 N–H and O–H groups in total. The zero-order valence-corrected chi connectivity index (χ0v) is 16.7. The highest BCUT2D eigenvalue weighted by molar-refractivity contribution is 7.84. The van der Waals surface area contributed by atoms with Gasteiger partial charge in [-0.1, -0.05) is 34.8 Å². The lowest BCUT2D eigenvalue weighted by atomic mass is 10.3. The molecule has 0 radical (unpaired) electrons. The second-order valence-electron chi connectivity index (χ2n) is 5.37. The van der Waals surface area contributed by atoms with Crippen LogP contribution in [-0.4, -0.2) is 14.2 Å². The fourth-order valence-electron chi connectivity index (χ4n) is 2.20. The van der Waals surface area contributed by atoms with Gasteiger partial charge in [-0.3, -0.25) is 4.21 Å². The van der Waals surface area contributed by atoms with Crippen LogP contribution < -0.4 is 4.74 Å². The highest BCUT2D eigenvalue weighted by Gasteiger charge is 2.11. The lowest BCUT2D eigenvalue weighted by Gasteiger charge is -2.09. The highest BCUT2D eigenvalue weighted by atomic mass is 35.5. The van der Waals surface area contributed by atoms with Gasteiger partial charge in [-0.15, -0.1) is 0 Å². The van der Waals surface area contributed by atoms with Crippen molar-refractivity contribution in [1.29, 1.82) is 0 Å². The summed E-state index contributed by atoms with van der Waals surface area (Å²) >= 11 is 17.9. The Kier molecular flexibility index (Phi) is 6.14. The van der Waals surface area contributed by atoms with Gasteiger partial charge >= 0.3 is 0 Å². The van der Waals surface area contributed by atoms with Gasteiger partial charge in [0.25, 0.3) is 0 Å². The Hall–Kier alpha value is -1.66. The van der Waals surface area contributed by atoms with Crippen molar-refractivity contribution in [3.63, 3.8) is 0 Å². The molecule has 3 rings (SSSR count). The Balaban J connectivity index is 1.81. The van der Waals surface area contributed by atoms with Crippen molar-refractivity contribution in [3.05, 3.63) is 75.1 Å². The van der Waals surface area contributed by atoms with Gasteiger partial charge in [0.15, 0.2) is 0 Å². The summed E-state index contributed by atoms with van der Waals surface area (Å²) in [6.45, 7) is 1.74. The zero-order chi connectivity index (χ0) is 18.7. The molecule has 8 heteroatoms. The molecule has 0 bridgehead atoms. The molecule has 134 valence electrons. The number of nitrogens with zero attached hydrogens (tertiary/aromatic N) is 2. The van der Waals surface area contributed by atoms with Gasteiger partial charge in [-0.05, 0) is 49.4 Å². The molecular formula is C18H13Cl3N2O2S. The Morgan fingerprint density at radius 2 is 1.65 bits per heavy atom. The second kappa shape index (κ2) is 8.35. The average Bonchev–Trinajstić information content (AvgIpc) is 2.57. The zero-order valence-electron chi connectivity index (χ0n) is 13.6. The number of hydrogen-bond donors (Lipinski definition) is 0. The van der Waals surface area contributed by atoms with Crippen LogP contribution in [0.2, 0.25) is 15.1 Å². The van der Waals surface area contributed by atoms with E-state index in [0.29, 0.717) is 43.1 Å². The lowest BCUT2D eigenvalue weighted by molar-refractivity contribution is 0.459. The minimum absolute atomic E-state index is 0.232. The van der Waals surface area contributed by atoms with Gasteiger partial charge in [0.1, 0.15) is 11.6 Å². The van der Waals surface area contributed by atoms with E-state index in [1.165, 1.54) is 0 Å². The number of aromatic nitrogens is 2. The average molecular weight is 428 g/mol. The molecule has 0 saturated heterocycles. The van der Waals surface area contributed by atoms with Crippen molar-refractivity contribution in [2.45, 2.75) is 17.6 Å². The largest absolute Gasteiger partial charge is 0.437 e. The SMILES string of the molecule is Cc1nc(C[S@@](=O)c2ccc(Cl)cc2)cc(Oc2ccc(Cl)cc2Cl)n1. The second-order valence-corrected chi connectivity index (χ2v) is 8.10. The normalized spacial score (nSPS) is 12.0. The molecule has 0 fully saturated rings. The molecule has 0 aliphatic carbocycles. The van der Waals surface area contributed by atoms with Crippen molar-refractivity contribution < 1.29 is 8.95 Å². The molecule has 0 saturated carbocycles. The summed E-state index contributed by atoms with van der Waals surface area (Å²) in [6.07, 6.45) is 0. The van der Waals surface area contributed by atoms with Crippen molar-refractivity contribution in [3.8, 4) is 11.6 Å². The standard InChI is InChI=1S/C18H13Cl3N2O2S/c1-11-22-14(10-26(24)15-5-2-12(19)3-6-15)9-18(23-11)25-17-7-4-13(20)8-16(17)21/h2-9H,10H2,1H3/t26-/m1/s1. The first-order valence-electron chi connectivity index (χ1n) is 7.52. The van der Waals surface area contributed by atoms with Crippen LogP contribution in [0.15, 0.2) is 53.4 Å². The molecule has 1 atom stereocenters. The summed E-state index contributed by atoms with van der Waals surface area (Å²) in [5.74, 6) is 1.50. The Labute approximate surface area is 168 Å². The van der Waals surface area contributed by atoms with E-state index in [4.69, 9.17) is 39.5 Å². The van der Waals surface area contributed by atoms with Crippen LogP contribution in [-0.2, 0) is 16.6 Å². The smallest absolute Gasteiger partial charge is 0.222 e. The first kappa shape index (κ1) is 19.1. The van der Waals surface area contributed by atoms with E-state index < -0.39 is 10.8 Å². The molecule has 0 unspecified atom stereocenters. The van der Waals surface area contributed by atoms with Crippen LogP contribution in [0.1, 0.15) is 11.5 Å². The summed E-state index contributed by atoms with van der Waals surface area (Å²) in [5, 5.41) is 1.49. The monoisotopic (exact) mass is 426 g/mol. The summed E-state index contributed by atoms with van der Waals surface area (Å²) < 4.78 is 18.3. The van der Waals surface area contributed by atoms with Gasteiger partial charge in [0.2, 0.25) is 5.88 Å². The highest BCUT2D eigenvalue weighted by Crippen LogP contribution is 2.31. The molecule has 1 aromatic heterocycles. The van der Waals surface area contributed by atoms with Crippen LogP contribution >= 0.6 is 34.8 Å². The quantitative estimate of drug-likeness (QED) is 0.513. The molecule has 26 heavy (non-hydrogen) atoms. The van der Waals surface area contributed by atoms with Gasteiger partial charge in [-0.2, -0.15) is 4.98 Å². The van der Waals surface area contributed by atoms with E-state index in [1.807, 2.05) is 0 Å². The topological polar surface area (TPSA) is 52.1 Å². The van der Waals surface area contributed by atoms with Crippen LogP contribution in [0, 0.1) is 6.92 Å². The van der Waals surface area contributed by atoms with E-state index in [9.17, 15) is 4.21 Å². The van der Waals surface area contributed by atoms with Gasteiger partial charge in [0.05, 0.1) is 27.3 Å². The molecule has 3 aromatic rings. The van der Waals surface area contributed by atoms with Crippen molar-refractivity contribution in [1.82, 2.24) is 9.97 Å². The summed E-state index contributed by atoms with van der Waals surface area (Å²) in [4.78, 5) is 9.25. The van der Waals surface area contributed by atoms with Crippen LogP contribution in [0.3, 0.4) is 0 Å². The molecule has 4 nitrogen and oxygen atoms in total. The molecule has 0 spiro atoms.